The summed E-state index contributed by atoms with van der Waals surface area (Å²) in [5, 5.41) is 3.44. The highest BCUT2D eigenvalue weighted by Crippen LogP contribution is 2.32. The van der Waals surface area contributed by atoms with E-state index in [1.807, 2.05) is 11.8 Å². The van der Waals surface area contributed by atoms with Gasteiger partial charge in [-0.25, -0.2) is 0 Å². The van der Waals surface area contributed by atoms with Crippen LogP contribution in [0.5, 0.6) is 0 Å². The van der Waals surface area contributed by atoms with E-state index in [0.29, 0.717) is 0 Å². The van der Waals surface area contributed by atoms with Crippen LogP contribution in [0, 0.1) is 5.92 Å². The Labute approximate surface area is 95.6 Å². The Hall–Kier alpha value is -0.470. The van der Waals surface area contributed by atoms with Crippen molar-refractivity contribution in [1.82, 2.24) is 5.32 Å². The molecule has 1 N–H and O–H groups in total. The fourth-order valence-electron chi connectivity index (χ4n) is 2.59. The van der Waals surface area contributed by atoms with E-state index in [-0.39, 0.29) is 0 Å². The third-order valence-corrected chi connectivity index (χ3v) is 4.56. The molecule has 0 saturated carbocycles. The summed E-state index contributed by atoms with van der Waals surface area (Å²) >= 11 is 2.01. The van der Waals surface area contributed by atoms with E-state index >= 15 is 0 Å². The molecule has 1 aromatic rings. The predicted molar refractivity (Wildman–Crippen MR) is 65.6 cm³/mol. The summed E-state index contributed by atoms with van der Waals surface area (Å²) < 4.78 is 0. The number of rotatable bonds is 2. The van der Waals surface area contributed by atoms with Gasteiger partial charge >= 0.3 is 0 Å². The maximum atomic E-state index is 3.44. The molecule has 1 aromatic carbocycles. The zero-order valence-electron chi connectivity index (χ0n) is 8.96. The molecule has 2 aliphatic heterocycles. The normalized spacial score (nSPS) is 24.4. The van der Waals surface area contributed by atoms with E-state index in [9.17, 15) is 0 Å². The van der Waals surface area contributed by atoms with Crippen molar-refractivity contribution in [3.63, 3.8) is 0 Å². The second kappa shape index (κ2) is 4.18. The first-order valence-corrected chi connectivity index (χ1v) is 6.86. The third-order valence-electron chi connectivity index (χ3n) is 3.44. The zero-order chi connectivity index (χ0) is 10.1. The van der Waals surface area contributed by atoms with Crippen molar-refractivity contribution in [1.29, 1.82) is 0 Å². The maximum absolute atomic E-state index is 3.44. The molecule has 0 radical (unpaired) electrons. The van der Waals surface area contributed by atoms with Gasteiger partial charge in [-0.2, -0.15) is 0 Å². The molecule has 0 amide bonds. The van der Waals surface area contributed by atoms with Crippen molar-refractivity contribution >= 4 is 11.8 Å². The van der Waals surface area contributed by atoms with Crippen LogP contribution in [0.3, 0.4) is 0 Å². The van der Waals surface area contributed by atoms with Crippen molar-refractivity contribution in [2.75, 3.05) is 18.8 Å². The molecule has 15 heavy (non-hydrogen) atoms. The van der Waals surface area contributed by atoms with Gasteiger partial charge in [0.2, 0.25) is 0 Å². The maximum Gasteiger partial charge on any atom is 0.0105 e. The minimum atomic E-state index is 0.872. The summed E-state index contributed by atoms with van der Waals surface area (Å²) in [7, 11) is 0. The number of aryl methyl sites for hydroxylation is 1. The lowest BCUT2D eigenvalue weighted by atomic mass is 9.97. The van der Waals surface area contributed by atoms with Gasteiger partial charge in [0.05, 0.1) is 0 Å². The lowest BCUT2D eigenvalue weighted by molar-refractivity contribution is 0.580. The van der Waals surface area contributed by atoms with Crippen LogP contribution in [0.4, 0.5) is 0 Å². The second-order valence-corrected chi connectivity index (χ2v) is 5.74. The van der Waals surface area contributed by atoms with Gasteiger partial charge in [-0.15, -0.1) is 11.8 Å². The Kier molecular flexibility index (Phi) is 2.72. The molecule has 1 atom stereocenters. The summed E-state index contributed by atoms with van der Waals surface area (Å²) in [6.07, 6.45) is 3.90. The van der Waals surface area contributed by atoms with Gasteiger partial charge in [-0.3, -0.25) is 0 Å². The van der Waals surface area contributed by atoms with E-state index in [4.69, 9.17) is 0 Å². The van der Waals surface area contributed by atoms with E-state index in [2.05, 4.69) is 23.5 Å². The second-order valence-electron chi connectivity index (χ2n) is 4.60. The van der Waals surface area contributed by atoms with Gasteiger partial charge in [0, 0.05) is 10.6 Å². The summed E-state index contributed by atoms with van der Waals surface area (Å²) in [6, 6.07) is 7.09. The average molecular weight is 219 g/mol. The van der Waals surface area contributed by atoms with Crippen LogP contribution in [0.2, 0.25) is 0 Å². The molecule has 1 fully saturated rings. The number of nitrogens with one attached hydrogen (secondary N) is 1. The van der Waals surface area contributed by atoms with Crippen molar-refractivity contribution in [3.8, 4) is 0 Å². The van der Waals surface area contributed by atoms with Gasteiger partial charge in [0.25, 0.3) is 0 Å². The quantitative estimate of drug-likeness (QED) is 0.820. The average Bonchev–Trinajstić information content (AvgIpc) is 2.87. The van der Waals surface area contributed by atoms with Crippen LogP contribution in [-0.4, -0.2) is 18.8 Å². The molecular weight excluding hydrogens is 202 g/mol. The molecule has 1 nitrogen and oxygen atoms in total. The van der Waals surface area contributed by atoms with Gasteiger partial charge < -0.3 is 5.32 Å². The summed E-state index contributed by atoms with van der Waals surface area (Å²) in [5.74, 6) is 2.15. The van der Waals surface area contributed by atoms with E-state index in [0.717, 1.165) is 5.92 Å². The number of fused-ring (bicyclic) bond motifs is 1. The summed E-state index contributed by atoms with van der Waals surface area (Å²) in [4.78, 5) is 1.52. The number of hydrogen-bond donors (Lipinski definition) is 1. The lowest BCUT2D eigenvalue weighted by Crippen LogP contribution is -2.10. The lowest BCUT2D eigenvalue weighted by Gasteiger charge is -2.09. The molecule has 3 rings (SSSR count). The minimum Gasteiger partial charge on any atom is -0.316 e. The fourth-order valence-corrected chi connectivity index (χ4v) is 3.64. The highest BCUT2D eigenvalue weighted by atomic mass is 32.2. The standard InChI is InChI=1S/C13H17NS/c1-2-13-12(4-6-15-13)8-10(1)7-11-3-5-14-9-11/h1-2,8,11,14H,3-7,9H2. The first-order valence-electron chi connectivity index (χ1n) is 5.87. The zero-order valence-corrected chi connectivity index (χ0v) is 9.78. The Bertz CT molecular complexity index is 356. The van der Waals surface area contributed by atoms with Crippen LogP contribution in [0.25, 0.3) is 0 Å². The van der Waals surface area contributed by atoms with Crippen LogP contribution in [0.1, 0.15) is 17.5 Å². The molecular formula is C13H17NS. The molecule has 0 aliphatic carbocycles. The fraction of sp³-hybridized carbons (Fsp3) is 0.538. The Balaban J connectivity index is 1.75. The van der Waals surface area contributed by atoms with E-state index < -0.39 is 0 Å². The Morgan fingerprint density at radius 2 is 2.40 bits per heavy atom. The van der Waals surface area contributed by atoms with Gasteiger partial charge in [-0.05, 0) is 55.5 Å². The number of thioether (sulfide) groups is 1. The molecule has 0 bridgehead atoms. The molecule has 0 aromatic heterocycles. The van der Waals surface area contributed by atoms with E-state index in [1.54, 1.807) is 11.1 Å². The Morgan fingerprint density at radius 1 is 1.40 bits per heavy atom. The molecule has 2 heteroatoms. The minimum absolute atomic E-state index is 0.872. The highest BCUT2D eigenvalue weighted by molar-refractivity contribution is 7.99. The summed E-state index contributed by atoms with van der Waals surface area (Å²) in [6.45, 7) is 2.43. The summed E-state index contributed by atoms with van der Waals surface area (Å²) in [5.41, 5.74) is 3.13. The largest absolute Gasteiger partial charge is 0.316 e. The molecule has 0 spiro atoms. The third kappa shape index (κ3) is 2.06. The van der Waals surface area contributed by atoms with Crippen molar-refractivity contribution in [2.24, 2.45) is 5.92 Å². The van der Waals surface area contributed by atoms with Crippen molar-refractivity contribution in [2.45, 2.75) is 24.2 Å². The molecule has 2 heterocycles. The van der Waals surface area contributed by atoms with Crippen LogP contribution in [-0.2, 0) is 12.8 Å². The van der Waals surface area contributed by atoms with Crippen LogP contribution in [0.15, 0.2) is 23.1 Å². The van der Waals surface area contributed by atoms with Crippen LogP contribution >= 0.6 is 11.8 Å². The molecule has 1 unspecified atom stereocenters. The number of benzene rings is 1. The van der Waals surface area contributed by atoms with Crippen molar-refractivity contribution < 1.29 is 0 Å². The highest BCUT2D eigenvalue weighted by Gasteiger charge is 2.16. The smallest absolute Gasteiger partial charge is 0.0105 e. The molecule has 1 saturated heterocycles. The van der Waals surface area contributed by atoms with Gasteiger partial charge in [-0.1, -0.05) is 12.1 Å². The predicted octanol–water partition coefficient (Wildman–Crippen LogP) is 2.49. The first kappa shape index (κ1) is 9.73. The number of hydrogen-bond acceptors (Lipinski definition) is 2. The SMILES string of the molecule is c1cc2c(cc1CC1CCNC1)CCS2. The van der Waals surface area contributed by atoms with Gasteiger partial charge in [0.1, 0.15) is 0 Å². The topological polar surface area (TPSA) is 12.0 Å². The molecule has 2 aliphatic rings. The molecule has 80 valence electrons. The van der Waals surface area contributed by atoms with Gasteiger partial charge in [0.15, 0.2) is 0 Å². The monoisotopic (exact) mass is 219 g/mol. The Morgan fingerprint density at radius 3 is 3.27 bits per heavy atom. The van der Waals surface area contributed by atoms with Crippen molar-refractivity contribution in [3.05, 3.63) is 29.3 Å². The van der Waals surface area contributed by atoms with E-state index in [1.165, 1.54) is 43.0 Å². The first-order chi connectivity index (χ1) is 7.42. The van der Waals surface area contributed by atoms with Crippen LogP contribution < -0.4 is 5.32 Å².